The van der Waals surface area contributed by atoms with Gasteiger partial charge >= 0.3 is 0 Å². The summed E-state index contributed by atoms with van der Waals surface area (Å²) in [6.45, 7) is 5.96. The van der Waals surface area contributed by atoms with Crippen molar-refractivity contribution in [3.63, 3.8) is 0 Å². The highest BCUT2D eigenvalue weighted by atomic mass is 35.5. The Morgan fingerprint density at radius 2 is 1.80 bits per heavy atom. The number of piperidine rings is 1. The van der Waals surface area contributed by atoms with Gasteiger partial charge in [-0.05, 0) is 24.3 Å². The van der Waals surface area contributed by atoms with Gasteiger partial charge in [0.1, 0.15) is 0 Å². The lowest BCUT2D eigenvalue weighted by Crippen LogP contribution is -2.43. The molecule has 0 spiro atoms. The molecule has 1 heterocycles. The second-order valence-corrected chi connectivity index (χ2v) is 5.73. The number of hydrogen-bond donors (Lipinski definition) is 1. The maximum absolute atomic E-state index is 12.5. The van der Waals surface area contributed by atoms with Crippen LogP contribution in [-0.2, 0) is 4.79 Å². The molecule has 20 heavy (non-hydrogen) atoms. The van der Waals surface area contributed by atoms with Crippen molar-refractivity contribution in [3.8, 4) is 0 Å². The zero-order chi connectivity index (χ0) is 13.8. The molecule has 0 aliphatic carbocycles. The Morgan fingerprint density at radius 3 is 2.35 bits per heavy atom. The Morgan fingerprint density at radius 1 is 1.25 bits per heavy atom. The van der Waals surface area contributed by atoms with Crippen molar-refractivity contribution in [1.29, 1.82) is 0 Å². The van der Waals surface area contributed by atoms with E-state index in [2.05, 4.69) is 6.92 Å². The van der Waals surface area contributed by atoms with E-state index in [1.54, 1.807) is 0 Å². The van der Waals surface area contributed by atoms with Crippen LogP contribution in [0.5, 0.6) is 0 Å². The predicted molar refractivity (Wildman–Crippen MR) is 84.8 cm³/mol. The first-order chi connectivity index (χ1) is 9.09. The molecule has 2 N–H and O–H groups in total. The molecule has 1 aromatic rings. The van der Waals surface area contributed by atoms with Gasteiger partial charge in [0.05, 0.1) is 5.92 Å². The van der Waals surface area contributed by atoms with E-state index < -0.39 is 0 Å². The molecule has 1 amide bonds. The van der Waals surface area contributed by atoms with Crippen LogP contribution in [-0.4, -0.2) is 23.9 Å². The summed E-state index contributed by atoms with van der Waals surface area (Å²) in [5.74, 6) is 0.779. The van der Waals surface area contributed by atoms with Gasteiger partial charge in [0.15, 0.2) is 0 Å². The number of benzene rings is 1. The summed E-state index contributed by atoms with van der Waals surface area (Å²) in [5.41, 5.74) is 7.26. The summed E-state index contributed by atoms with van der Waals surface area (Å²) in [6.07, 6.45) is 2.22. The van der Waals surface area contributed by atoms with Crippen LogP contribution < -0.4 is 5.73 Å². The van der Waals surface area contributed by atoms with Crippen molar-refractivity contribution in [2.24, 2.45) is 17.6 Å². The Hall–Kier alpha value is -1.06. The summed E-state index contributed by atoms with van der Waals surface area (Å²) < 4.78 is 0. The number of carbonyl (C=O) groups is 1. The number of halogens is 1. The molecule has 2 rings (SSSR count). The fourth-order valence-corrected chi connectivity index (χ4v) is 2.63. The molecule has 112 valence electrons. The van der Waals surface area contributed by atoms with Crippen molar-refractivity contribution >= 4 is 18.3 Å². The highest BCUT2D eigenvalue weighted by Gasteiger charge is 2.28. The minimum Gasteiger partial charge on any atom is -0.342 e. The number of nitrogens with zero attached hydrogens (tertiary/aromatic N) is 1. The maximum atomic E-state index is 12.5. The summed E-state index contributed by atoms with van der Waals surface area (Å²) in [4.78, 5) is 14.4. The largest absolute Gasteiger partial charge is 0.342 e. The van der Waals surface area contributed by atoms with Gasteiger partial charge in [0.25, 0.3) is 0 Å². The van der Waals surface area contributed by atoms with Gasteiger partial charge in [0.2, 0.25) is 5.91 Å². The third kappa shape index (κ3) is 3.97. The maximum Gasteiger partial charge on any atom is 0.227 e. The van der Waals surface area contributed by atoms with Crippen LogP contribution >= 0.6 is 12.4 Å². The summed E-state index contributed by atoms with van der Waals surface area (Å²) in [6, 6.07) is 9.67. The fourth-order valence-electron chi connectivity index (χ4n) is 2.63. The lowest BCUT2D eigenvalue weighted by atomic mass is 9.92. The van der Waals surface area contributed by atoms with E-state index in [9.17, 15) is 4.79 Å². The third-order valence-electron chi connectivity index (χ3n) is 4.21. The lowest BCUT2D eigenvalue weighted by Gasteiger charge is -2.33. The van der Waals surface area contributed by atoms with Gasteiger partial charge < -0.3 is 10.6 Å². The van der Waals surface area contributed by atoms with Crippen LogP contribution in [0, 0.1) is 11.8 Å². The first kappa shape index (κ1) is 17.0. The summed E-state index contributed by atoms with van der Waals surface area (Å²) in [7, 11) is 0. The fraction of sp³-hybridized carbons (Fsp3) is 0.562. The molecular weight excluding hydrogens is 272 g/mol. The number of rotatable bonds is 3. The molecule has 0 aromatic heterocycles. The molecule has 2 atom stereocenters. The van der Waals surface area contributed by atoms with Crippen LogP contribution in [0.15, 0.2) is 30.3 Å². The van der Waals surface area contributed by atoms with E-state index in [1.807, 2.05) is 42.2 Å². The van der Waals surface area contributed by atoms with Crippen molar-refractivity contribution in [2.45, 2.75) is 32.7 Å². The highest BCUT2D eigenvalue weighted by Crippen LogP contribution is 2.24. The predicted octanol–water partition coefficient (Wildman–Crippen LogP) is 3.00. The average molecular weight is 297 g/mol. The van der Waals surface area contributed by atoms with E-state index in [0.717, 1.165) is 37.4 Å². The van der Waals surface area contributed by atoms with Crippen LogP contribution in [0.25, 0.3) is 0 Å². The van der Waals surface area contributed by atoms with Gasteiger partial charge in [-0.3, -0.25) is 4.79 Å². The molecule has 1 aliphatic rings. The summed E-state index contributed by atoms with van der Waals surface area (Å²) in [5, 5.41) is 0. The minimum absolute atomic E-state index is 0. The number of likely N-dealkylation sites (tertiary alicyclic amines) is 1. The Labute approximate surface area is 127 Å². The second kappa shape index (κ2) is 7.65. The molecular formula is C16H25ClN2O. The van der Waals surface area contributed by atoms with Crippen molar-refractivity contribution in [3.05, 3.63) is 35.9 Å². The SMILES string of the molecule is CC1CCN(C(=O)C(C)C(N)c2ccccc2)CC1.Cl. The van der Waals surface area contributed by atoms with Crippen LogP contribution in [0.4, 0.5) is 0 Å². The monoisotopic (exact) mass is 296 g/mol. The molecule has 0 saturated carbocycles. The number of carbonyl (C=O) groups excluding carboxylic acids is 1. The van der Waals surface area contributed by atoms with Gasteiger partial charge in [-0.2, -0.15) is 0 Å². The average Bonchev–Trinajstić information content (AvgIpc) is 2.46. The smallest absolute Gasteiger partial charge is 0.227 e. The molecule has 1 aromatic carbocycles. The van der Waals surface area contributed by atoms with Crippen molar-refractivity contribution < 1.29 is 4.79 Å². The first-order valence-electron chi connectivity index (χ1n) is 7.19. The van der Waals surface area contributed by atoms with Crippen LogP contribution in [0.3, 0.4) is 0 Å². The zero-order valence-electron chi connectivity index (χ0n) is 12.3. The first-order valence-corrected chi connectivity index (χ1v) is 7.19. The van der Waals surface area contributed by atoms with E-state index in [-0.39, 0.29) is 30.3 Å². The van der Waals surface area contributed by atoms with Crippen molar-refractivity contribution in [1.82, 2.24) is 4.90 Å². The van der Waals surface area contributed by atoms with Crippen molar-refractivity contribution in [2.75, 3.05) is 13.1 Å². The lowest BCUT2D eigenvalue weighted by molar-refractivity contribution is -0.137. The molecule has 1 aliphatic heterocycles. The Bertz CT molecular complexity index is 416. The summed E-state index contributed by atoms with van der Waals surface area (Å²) >= 11 is 0. The number of nitrogens with two attached hydrogens (primary N) is 1. The minimum atomic E-state index is -0.215. The second-order valence-electron chi connectivity index (χ2n) is 5.73. The van der Waals surface area contributed by atoms with E-state index in [4.69, 9.17) is 5.73 Å². The number of hydrogen-bond acceptors (Lipinski definition) is 2. The topological polar surface area (TPSA) is 46.3 Å². The number of amides is 1. The highest BCUT2D eigenvalue weighted by molar-refractivity contribution is 5.85. The normalized spacial score (nSPS) is 19.1. The molecule has 2 unspecified atom stereocenters. The zero-order valence-corrected chi connectivity index (χ0v) is 13.1. The Balaban J connectivity index is 0.00000200. The van der Waals surface area contributed by atoms with Gasteiger partial charge in [-0.1, -0.05) is 44.2 Å². The van der Waals surface area contributed by atoms with Gasteiger partial charge in [-0.15, -0.1) is 12.4 Å². The molecule has 3 nitrogen and oxygen atoms in total. The third-order valence-corrected chi connectivity index (χ3v) is 4.21. The van der Waals surface area contributed by atoms with E-state index in [1.165, 1.54) is 0 Å². The molecule has 0 radical (unpaired) electrons. The molecule has 1 saturated heterocycles. The molecule has 4 heteroatoms. The van der Waals surface area contributed by atoms with Gasteiger partial charge in [-0.25, -0.2) is 0 Å². The van der Waals surface area contributed by atoms with E-state index >= 15 is 0 Å². The molecule has 1 fully saturated rings. The standard InChI is InChI=1S/C16H24N2O.ClH/c1-12-8-10-18(11-9-12)16(19)13(2)15(17)14-6-4-3-5-7-14;/h3-7,12-13,15H,8-11,17H2,1-2H3;1H. The molecule has 0 bridgehead atoms. The van der Waals surface area contributed by atoms with Gasteiger partial charge in [0, 0.05) is 19.1 Å². The van der Waals surface area contributed by atoms with E-state index in [0.29, 0.717) is 0 Å². The quantitative estimate of drug-likeness (QED) is 0.932. The van der Waals surface area contributed by atoms with Crippen LogP contribution in [0.2, 0.25) is 0 Å². The van der Waals surface area contributed by atoms with Crippen LogP contribution in [0.1, 0.15) is 38.3 Å². The Kier molecular flexibility index (Phi) is 6.50.